The van der Waals surface area contributed by atoms with Crippen LogP contribution in [0, 0.1) is 0 Å². The highest BCUT2D eigenvalue weighted by Gasteiger charge is 2.17. The fourth-order valence-electron chi connectivity index (χ4n) is 0.988. The van der Waals surface area contributed by atoms with Crippen molar-refractivity contribution in [1.29, 1.82) is 0 Å². The van der Waals surface area contributed by atoms with Crippen LogP contribution < -0.4 is 0 Å². The lowest BCUT2D eigenvalue weighted by Gasteiger charge is -2.08. The number of pyridine rings is 1. The van der Waals surface area contributed by atoms with Crippen molar-refractivity contribution < 1.29 is 13.9 Å². The summed E-state index contributed by atoms with van der Waals surface area (Å²) in [5, 5.41) is 8.63. The van der Waals surface area contributed by atoms with Crippen LogP contribution in [0.3, 0.4) is 0 Å². The van der Waals surface area contributed by atoms with Crippen molar-refractivity contribution in [2.24, 2.45) is 0 Å². The molecule has 0 spiro atoms. The van der Waals surface area contributed by atoms with Gasteiger partial charge in [0.15, 0.2) is 0 Å². The summed E-state index contributed by atoms with van der Waals surface area (Å²) in [5.41, 5.74) is -0.0445. The summed E-state index contributed by atoms with van der Waals surface area (Å²) in [4.78, 5) is 3.51. The van der Waals surface area contributed by atoms with Gasteiger partial charge in [0, 0.05) is 5.88 Å². The normalized spacial score (nSPS) is 11.0. The van der Waals surface area contributed by atoms with Gasteiger partial charge in [0.25, 0.3) is 6.43 Å². The zero-order chi connectivity index (χ0) is 10.7. The molecule has 0 aliphatic rings. The lowest BCUT2D eigenvalue weighted by Crippen LogP contribution is -2.00. The quantitative estimate of drug-likeness (QED) is 0.826. The molecule has 1 aromatic heterocycles. The highest BCUT2D eigenvalue weighted by molar-refractivity contribution is 6.32. The first-order valence-electron chi connectivity index (χ1n) is 3.73. The Morgan fingerprint density at radius 3 is 2.57 bits per heavy atom. The maximum atomic E-state index is 12.4. The number of halogens is 4. The van der Waals surface area contributed by atoms with Gasteiger partial charge in [-0.25, -0.2) is 13.8 Å². The van der Waals surface area contributed by atoms with Crippen molar-refractivity contribution in [3.63, 3.8) is 0 Å². The van der Waals surface area contributed by atoms with Crippen molar-refractivity contribution in [1.82, 2.24) is 4.98 Å². The minimum absolute atomic E-state index is 0.00801. The molecule has 2 nitrogen and oxygen atoms in total. The molecule has 0 saturated heterocycles. The molecule has 0 bridgehead atoms. The summed E-state index contributed by atoms with van der Waals surface area (Å²) >= 11 is 11.1. The second-order valence-electron chi connectivity index (χ2n) is 2.56. The Morgan fingerprint density at radius 2 is 2.14 bits per heavy atom. The van der Waals surface area contributed by atoms with Gasteiger partial charge in [0.2, 0.25) is 0 Å². The molecule has 1 heterocycles. The zero-order valence-electron chi connectivity index (χ0n) is 6.98. The van der Waals surface area contributed by atoms with Crippen LogP contribution in [0.4, 0.5) is 8.78 Å². The minimum atomic E-state index is -2.77. The Balaban J connectivity index is 3.27. The van der Waals surface area contributed by atoms with Crippen LogP contribution in [0.5, 0.6) is 0 Å². The van der Waals surface area contributed by atoms with Crippen LogP contribution in [-0.2, 0) is 12.5 Å². The fraction of sp³-hybridized carbons (Fsp3) is 0.375. The van der Waals surface area contributed by atoms with Gasteiger partial charge in [-0.3, -0.25) is 0 Å². The number of aliphatic hydroxyl groups excluding tert-OH is 1. The van der Waals surface area contributed by atoms with Gasteiger partial charge in [-0.1, -0.05) is 11.6 Å². The molecule has 1 aromatic rings. The van der Waals surface area contributed by atoms with Crippen LogP contribution in [0.25, 0.3) is 0 Å². The van der Waals surface area contributed by atoms with Gasteiger partial charge >= 0.3 is 0 Å². The smallest absolute Gasteiger partial charge is 0.281 e. The number of aliphatic hydroxyl groups is 1. The Morgan fingerprint density at radius 1 is 1.50 bits per heavy atom. The predicted molar refractivity (Wildman–Crippen MR) is 49.7 cm³/mol. The maximum absolute atomic E-state index is 12.4. The van der Waals surface area contributed by atoms with Crippen molar-refractivity contribution in [2.75, 3.05) is 0 Å². The Bertz CT molecular complexity index is 333. The number of nitrogens with zero attached hydrogens (tertiary/aromatic N) is 1. The van der Waals surface area contributed by atoms with Crippen molar-refractivity contribution >= 4 is 23.2 Å². The lowest BCUT2D eigenvalue weighted by atomic mass is 10.2. The van der Waals surface area contributed by atoms with Gasteiger partial charge in [-0.15, -0.1) is 11.6 Å². The van der Waals surface area contributed by atoms with Crippen molar-refractivity contribution in [3.05, 3.63) is 28.0 Å². The molecule has 0 atom stereocenters. The second-order valence-corrected chi connectivity index (χ2v) is 3.21. The zero-order valence-corrected chi connectivity index (χ0v) is 8.49. The van der Waals surface area contributed by atoms with E-state index in [-0.39, 0.29) is 16.6 Å². The molecular formula is C8H7Cl2F2NO. The highest BCUT2D eigenvalue weighted by Crippen LogP contribution is 2.29. The van der Waals surface area contributed by atoms with E-state index in [4.69, 9.17) is 28.3 Å². The number of aromatic nitrogens is 1. The van der Waals surface area contributed by atoms with E-state index in [1.54, 1.807) is 0 Å². The van der Waals surface area contributed by atoms with Gasteiger partial charge in [0.05, 0.1) is 17.3 Å². The van der Waals surface area contributed by atoms with E-state index in [1.165, 1.54) is 6.07 Å². The first-order valence-corrected chi connectivity index (χ1v) is 4.64. The van der Waals surface area contributed by atoms with E-state index in [2.05, 4.69) is 4.98 Å². The molecule has 0 unspecified atom stereocenters. The minimum Gasteiger partial charge on any atom is -0.390 e. The molecule has 0 fully saturated rings. The molecule has 0 radical (unpaired) electrons. The summed E-state index contributed by atoms with van der Waals surface area (Å²) in [6.07, 6.45) is -2.77. The summed E-state index contributed by atoms with van der Waals surface area (Å²) < 4.78 is 24.8. The van der Waals surface area contributed by atoms with E-state index in [0.717, 1.165) is 0 Å². The molecule has 0 aromatic carbocycles. The van der Waals surface area contributed by atoms with Crippen molar-refractivity contribution in [3.8, 4) is 0 Å². The Kier molecular flexibility index (Phi) is 4.04. The van der Waals surface area contributed by atoms with E-state index in [1.807, 2.05) is 0 Å². The summed E-state index contributed by atoms with van der Waals surface area (Å²) in [6, 6.07) is 1.40. The van der Waals surface area contributed by atoms with Crippen molar-refractivity contribution in [2.45, 2.75) is 18.9 Å². The molecule has 1 rings (SSSR count). The third kappa shape index (κ3) is 2.32. The summed E-state index contributed by atoms with van der Waals surface area (Å²) in [6.45, 7) is -0.416. The highest BCUT2D eigenvalue weighted by atomic mass is 35.5. The first kappa shape index (κ1) is 11.6. The molecule has 0 amide bonds. The second kappa shape index (κ2) is 4.87. The van der Waals surface area contributed by atoms with Crippen LogP contribution in [0.1, 0.15) is 23.4 Å². The summed E-state index contributed by atoms with van der Waals surface area (Å²) in [5.74, 6) is 0.00801. The SMILES string of the molecule is OCc1cc(CCl)c(Cl)c(C(F)F)n1. The molecule has 0 aliphatic carbocycles. The molecule has 14 heavy (non-hydrogen) atoms. The average Bonchev–Trinajstić information content (AvgIpc) is 2.17. The lowest BCUT2D eigenvalue weighted by molar-refractivity contribution is 0.145. The molecule has 1 N–H and O–H groups in total. The number of alkyl halides is 3. The largest absolute Gasteiger partial charge is 0.390 e. The number of hydrogen-bond acceptors (Lipinski definition) is 2. The van der Waals surface area contributed by atoms with Crippen LogP contribution in [0.2, 0.25) is 5.02 Å². The first-order chi connectivity index (χ1) is 6.60. The number of rotatable bonds is 3. The fourth-order valence-corrected chi connectivity index (χ4v) is 1.51. The molecular weight excluding hydrogens is 235 g/mol. The maximum Gasteiger partial charge on any atom is 0.281 e. The van der Waals surface area contributed by atoms with Gasteiger partial charge in [-0.2, -0.15) is 0 Å². The topological polar surface area (TPSA) is 33.1 Å². The molecule has 0 saturated carbocycles. The average molecular weight is 242 g/mol. The Hall–Kier alpha value is -0.450. The molecule has 78 valence electrons. The monoisotopic (exact) mass is 241 g/mol. The molecule has 0 aliphatic heterocycles. The third-order valence-corrected chi connectivity index (χ3v) is 2.35. The predicted octanol–water partition coefficient (Wildman–Crippen LogP) is 2.90. The van der Waals surface area contributed by atoms with E-state index < -0.39 is 18.7 Å². The van der Waals surface area contributed by atoms with Gasteiger partial charge in [0.1, 0.15) is 5.69 Å². The van der Waals surface area contributed by atoms with Crippen LogP contribution in [0.15, 0.2) is 6.07 Å². The number of hydrogen-bond donors (Lipinski definition) is 1. The van der Waals surface area contributed by atoms with Crippen LogP contribution in [-0.4, -0.2) is 10.1 Å². The summed E-state index contributed by atoms with van der Waals surface area (Å²) in [7, 11) is 0. The van der Waals surface area contributed by atoms with Gasteiger partial charge < -0.3 is 5.11 Å². The van der Waals surface area contributed by atoms with E-state index in [0.29, 0.717) is 5.56 Å². The van der Waals surface area contributed by atoms with Gasteiger partial charge in [-0.05, 0) is 11.6 Å². The van der Waals surface area contributed by atoms with E-state index in [9.17, 15) is 8.78 Å². The standard InChI is InChI=1S/C8H7Cl2F2NO/c9-2-4-1-5(3-14)13-7(6(4)10)8(11)12/h1,8,14H,2-3H2. The Labute approximate surface area is 89.5 Å². The molecule has 6 heteroatoms. The van der Waals surface area contributed by atoms with E-state index >= 15 is 0 Å². The van der Waals surface area contributed by atoms with Crippen LogP contribution >= 0.6 is 23.2 Å². The third-order valence-electron chi connectivity index (χ3n) is 1.62.